The van der Waals surface area contributed by atoms with E-state index >= 15 is 0 Å². The summed E-state index contributed by atoms with van der Waals surface area (Å²) in [7, 11) is 2.31. The Morgan fingerprint density at radius 1 is 1.19 bits per heavy atom. The summed E-state index contributed by atoms with van der Waals surface area (Å²) < 4.78 is 0. The van der Waals surface area contributed by atoms with Crippen molar-refractivity contribution in [1.82, 2.24) is 10.2 Å². The normalized spacial score (nSPS) is 23.0. The van der Waals surface area contributed by atoms with E-state index in [9.17, 15) is 0 Å². The van der Waals surface area contributed by atoms with Crippen LogP contribution in [0, 0.1) is 5.92 Å². The van der Waals surface area contributed by atoms with Gasteiger partial charge in [-0.25, -0.2) is 0 Å². The van der Waals surface area contributed by atoms with E-state index in [1.54, 1.807) is 0 Å². The second kappa shape index (κ2) is 6.10. The van der Waals surface area contributed by atoms with E-state index in [2.05, 4.69) is 61.4 Å². The molecule has 2 nitrogen and oxygen atoms in total. The summed E-state index contributed by atoms with van der Waals surface area (Å²) in [6, 6.07) is 12.6. The highest BCUT2D eigenvalue weighted by Crippen LogP contribution is 2.36. The molecule has 2 saturated carbocycles. The van der Waals surface area contributed by atoms with E-state index in [1.165, 1.54) is 31.2 Å². The monoisotopic (exact) mass is 286 g/mol. The maximum atomic E-state index is 3.76. The number of likely N-dealkylation sites (N-methyl/N-ethyl adjacent to an activating group) is 1. The van der Waals surface area contributed by atoms with Crippen molar-refractivity contribution in [3.8, 4) is 0 Å². The van der Waals surface area contributed by atoms with E-state index in [0.29, 0.717) is 6.04 Å². The molecule has 0 radical (unpaired) electrons. The molecule has 1 N–H and O–H groups in total. The van der Waals surface area contributed by atoms with Crippen LogP contribution >= 0.6 is 0 Å². The van der Waals surface area contributed by atoms with E-state index in [-0.39, 0.29) is 5.41 Å². The molecule has 2 heteroatoms. The SMILES string of the molecule is CC(C1CC1)N(C)CC(C)(CNC1CC1)c1ccccc1. The van der Waals surface area contributed by atoms with Crippen LogP contribution in [0.2, 0.25) is 0 Å². The number of benzene rings is 1. The third-order valence-electron chi connectivity index (χ3n) is 5.43. The average Bonchev–Trinajstić information content (AvgIpc) is 3.39. The maximum absolute atomic E-state index is 3.76. The summed E-state index contributed by atoms with van der Waals surface area (Å²) in [5, 5.41) is 3.76. The summed E-state index contributed by atoms with van der Waals surface area (Å²) in [6.45, 7) is 7.04. The van der Waals surface area contributed by atoms with Crippen molar-refractivity contribution in [2.24, 2.45) is 5.92 Å². The van der Waals surface area contributed by atoms with Crippen molar-refractivity contribution in [3.63, 3.8) is 0 Å². The van der Waals surface area contributed by atoms with Gasteiger partial charge in [0.15, 0.2) is 0 Å². The van der Waals surface area contributed by atoms with Crippen molar-refractivity contribution >= 4 is 0 Å². The van der Waals surface area contributed by atoms with Crippen LogP contribution in [-0.4, -0.2) is 37.1 Å². The van der Waals surface area contributed by atoms with Crippen LogP contribution in [0.15, 0.2) is 30.3 Å². The van der Waals surface area contributed by atoms with E-state index in [1.807, 2.05) is 0 Å². The van der Waals surface area contributed by atoms with Crippen molar-refractivity contribution in [2.45, 2.75) is 57.0 Å². The Labute approximate surface area is 129 Å². The predicted octanol–water partition coefficient (Wildman–Crippen LogP) is 3.43. The van der Waals surface area contributed by atoms with Crippen molar-refractivity contribution in [2.75, 3.05) is 20.1 Å². The van der Waals surface area contributed by atoms with Gasteiger partial charge in [0.25, 0.3) is 0 Å². The molecule has 3 rings (SSSR count). The minimum atomic E-state index is 0.196. The lowest BCUT2D eigenvalue weighted by Crippen LogP contribution is -2.47. The van der Waals surface area contributed by atoms with Gasteiger partial charge in [-0.3, -0.25) is 0 Å². The predicted molar refractivity (Wildman–Crippen MR) is 89.6 cm³/mol. The smallest absolute Gasteiger partial charge is 0.0177 e. The second-order valence-corrected chi connectivity index (χ2v) is 7.58. The average molecular weight is 286 g/mol. The van der Waals surface area contributed by atoms with Gasteiger partial charge in [-0.05, 0) is 51.1 Å². The van der Waals surface area contributed by atoms with Gasteiger partial charge in [0.05, 0.1) is 0 Å². The third-order valence-corrected chi connectivity index (χ3v) is 5.43. The summed E-state index contributed by atoms with van der Waals surface area (Å²) in [5.74, 6) is 0.936. The van der Waals surface area contributed by atoms with Crippen molar-refractivity contribution in [3.05, 3.63) is 35.9 Å². The lowest BCUT2D eigenvalue weighted by Gasteiger charge is -2.37. The molecule has 0 aromatic heterocycles. The van der Waals surface area contributed by atoms with Crippen molar-refractivity contribution < 1.29 is 0 Å². The van der Waals surface area contributed by atoms with Gasteiger partial charge in [0.2, 0.25) is 0 Å². The molecule has 2 aliphatic rings. The molecular formula is C19H30N2. The second-order valence-electron chi connectivity index (χ2n) is 7.58. The van der Waals surface area contributed by atoms with Gasteiger partial charge in [-0.2, -0.15) is 0 Å². The molecule has 1 aromatic carbocycles. The largest absolute Gasteiger partial charge is 0.313 e. The molecule has 0 saturated heterocycles. The fourth-order valence-corrected chi connectivity index (χ4v) is 3.38. The van der Waals surface area contributed by atoms with E-state index in [4.69, 9.17) is 0 Å². The standard InChI is InChI=1S/C19H30N2/c1-15(16-9-10-16)21(3)14-19(2,13-20-18-11-12-18)17-7-5-4-6-8-17/h4-8,15-16,18,20H,9-14H2,1-3H3. The zero-order valence-electron chi connectivity index (χ0n) is 13.8. The molecular weight excluding hydrogens is 256 g/mol. The zero-order valence-corrected chi connectivity index (χ0v) is 13.8. The minimum absolute atomic E-state index is 0.196. The maximum Gasteiger partial charge on any atom is 0.0177 e. The Morgan fingerprint density at radius 2 is 1.86 bits per heavy atom. The molecule has 2 fully saturated rings. The van der Waals surface area contributed by atoms with Gasteiger partial charge >= 0.3 is 0 Å². The van der Waals surface area contributed by atoms with Gasteiger partial charge in [0.1, 0.15) is 0 Å². The molecule has 0 heterocycles. The Bertz CT molecular complexity index is 450. The first-order valence-electron chi connectivity index (χ1n) is 8.58. The first kappa shape index (κ1) is 15.1. The minimum Gasteiger partial charge on any atom is -0.313 e. The van der Waals surface area contributed by atoms with Gasteiger partial charge in [-0.1, -0.05) is 37.3 Å². The Hall–Kier alpha value is -0.860. The molecule has 0 spiro atoms. The number of rotatable bonds is 8. The lowest BCUT2D eigenvalue weighted by atomic mass is 9.81. The van der Waals surface area contributed by atoms with E-state index < -0.39 is 0 Å². The summed E-state index contributed by atoms with van der Waals surface area (Å²) >= 11 is 0. The highest BCUT2D eigenvalue weighted by atomic mass is 15.1. The van der Waals surface area contributed by atoms with Crippen molar-refractivity contribution in [1.29, 1.82) is 0 Å². The fourth-order valence-electron chi connectivity index (χ4n) is 3.38. The highest BCUT2D eigenvalue weighted by Gasteiger charge is 2.36. The summed E-state index contributed by atoms with van der Waals surface area (Å²) in [6.07, 6.45) is 5.57. The van der Waals surface area contributed by atoms with Crippen LogP contribution in [-0.2, 0) is 5.41 Å². The zero-order chi connectivity index (χ0) is 14.9. The molecule has 116 valence electrons. The summed E-state index contributed by atoms with van der Waals surface area (Å²) in [5.41, 5.74) is 1.66. The third kappa shape index (κ3) is 3.87. The molecule has 0 aliphatic heterocycles. The highest BCUT2D eigenvalue weighted by molar-refractivity contribution is 5.26. The number of hydrogen-bond acceptors (Lipinski definition) is 2. The van der Waals surface area contributed by atoms with Crippen LogP contribution in [0.25, 0.3) is 0 Å². The van der Waals surface area contributed by atoms with Gasteiger partial charge in [-0.15, -0.1) is 0 Å². The van der Waals surface area contributed by atoms with E-state index in [0.717, 1.165) is 25.0 Å². The molecule has 1 aromatic rings. The van der Waals surface area contributed by atoms with Crippen LogP contribution in [0.1, 0.15) is 45.1 Å². The Morgan fingerprint density at radius 3 is 2.43 bits per heavy atom. The number of hydrogen-bond donors (Lipinski definition) is 1. The van der Waals surface area contributed by atoms with Crippen LogP contribution < -0.4 is 5.32 Å². The lowest BCUT2D eigenvalue weighted by molar-refractivity contribution is 0.183. The summed E-state index contributed by atoms with van der Waals surface area (Å²) in [4.78, 5) is 2.58. The fraction of sp³-hybridized carbons (Fsp3) is 0.684. The number of nitrogens with zero attached hydrogens (tertiary/aromatic N) is 1. The number of nitrogens with one attached hydrogen (secondary N) is 1. The Kier molecular flexibility index (Phi) is 4.37. The van der Waals surface area contributed by atoms with Crippen LogP contribution in [0.4, 0.5) is 0 Å². The first-order valence-corrected chi connectivity index (χ1v) is 8.58. The van der Waals surface area contributed by atoms with Gasteiger partial charge in [0, 0.05) is 30.6 Å². The first-order chi connectivity index (χ1) is 10.1. The molecule has 2 unspecified atom stereocenters. The Balaban J connectivity index is 1.70. The topological polar surface area (TPSA) is 15.3 Å². The van der Waals surface area contributed by atoms with Gasteiger partial charge < -0.3 is 10.2 Å². The molecule has 2 aliphatic carbocycles. The molecule has 0 amide bonds. The molecule has 0 bridgehead atoms. The molecule has 21 heavy (non-hydrogen) atoms. The van der Waals surface area contributed by atoms with Crippen LogP contribution in [0.5, 0.6) is 0 Å². The van der Waals surface area contributed by atoms with Crippen LogP contribution in [0.3, 0.4) is 0 Å². The molecule has 2 atom stereocenters. The quantitative estimate of drug-likeness (QED) is 0.787.